The Labute approximate surface area is 172 Å². The Morgan fingerprint density at radius 2 is 2.18 bits per heavy atom. The summed E-state index contributed by atoms with van der Waals surface area (Å²) in [5.41, 5.74) is 0.785. The van der Waals surface area contributed by atoms with Gasteiger partial charge >= 0.3 is 0 Å². The minimum atomic E-state index is -3.33. The third-order valence-corrected chi connectivity index (χ3v) is 9.23. The highest BCUT2D eigenvalue weighted by molar-refractivity contribution is 8.00. The third kappa shape index (κ3) is 6.06. The van der Waals surface area contributed by atoms with Gasteiger partial charge in [0.1, 0.15) is 4.21 Å². The van der Waals surface area contributed by atoms with Crippen LogP contribution in [0.15, 0.2) is 14.5 Å². The van der Waals surface area contributed by atoms with E-state index in [-0.39, 0.29) is 18.6 Å². The first-order valence-corrected chi connectivity index (χ1v) is 12.3. The predicted octanol–water partition coefficient (Wildman–Crippen LogP) is 2.86. The van der Waals surface area contributed by atoms with Crippen LogP contribution in [-0.2, 0) is 19.5 Å². The van der Waals surface area contributed by atoms with Gasteiger partial charge in [-0.2, -0.15) is 0 Å². The van der Waals surface area contributed by atoms with Crippen molar-refractivity contribution in [1.82, 2.24) is 10.0 Å². The molecule has 1 aromatic rings. The molecule has 1 aromatic heterocycles. The van der Waals surface area contributed by atoms with Crippen molar-refractivity contribution >= 4 is 39.0 Å². The maximum Gasteiger partial charge on any atom is 0.294 e. The van der Waals surface area contributed by atoms with Crippen molar-refractivity contribution < 1.29 is 23.1 Å². The minimum absolute atomic E-state index is 0.00112. The number of nitrogens with one attached hydrogen (secondary N) is 2. The number of sulfone groups is 1. The standard InChI is InChI=1S/C16H25N3O6S3/c1-3-17-13-9-11(2)28(23,24)16-12(13)10-15(26-16)27-18-14(20)7-5-4-6-8-25-19(21)22/h10-11,13,17H,3-9H2,1-2H3,(H,18,20). The van der Waals surface area contributed by atoms with Gasteiger partial charge in [-0.1, -0.05) is 13.3 Å². The predicted molar refractivity (Wildman–Crippen MR) is 107 cm³/mol. The Bertz CT molecular complexity index is 796. The smallest absolute Gasteiger partial charge is 0.294 e. The molecule has 0 radical (unpaired) electrons. The molecule has 12 heteroatoms. The molecule has 0 saturated heterocycles. The van der Waals surface area contributed by atoms with Gasteiger partial charge < -0.3 is 10.2 Å². The summed E-state index contributed by atoms with van der Waals surface area (Å²) in [7, 11) is -3.33. The summed E-state index contributed by atoms with van der Waals surface area (Å²) in [6.07, 6.45) is 2.60. The lowest BCUT2D eigenvalue weighted by molar-refractivity contribution is -0.757. The molecule has 2 heterocycles. The van der Waals surface area contributed by atoms with Gasteiger partial charge in [-0.05, 0) is 56.3 Å². The lowest BCUT2D eigenvalue weighted by atomic mass is 10.1. The molecule has 28 heavy (non-hydrogen) atoms. The first kappa shape index (κ1) is 22.9. The lowest BCUT2D eigenvalue weighted by Gasteiger charge is -2.27. The number of rotatable bonds is 11. The van der Waals surface area contributed by atoms with Crippen LogP contribution < -0.4 is 10.0 Å². The average Bonchev–Trinajstić information content (AvgIpc) is 3.06. The van der Waals surface area contributed by atoms with Gasteiger partial charge in [0.15, 0.2) is 9.84 Å². The van der Waals surface area contributed by atoms with Crippen LogP contribution in [0.2, 0.25) is 0 Å². The van der Waals surface area contributed by atoms with Crippen molar-refractivity contribution in [3.63, 3.8) is 0 Å². The summed E-state index contributed by atoms with van der Waals surface area (Å²) in [6, 6.07) is 1.85. The van der Waals surface area contributed by atoms with Crippen LogP contribution in [0.3, 0.4) is 0 Å². The molecule has 0 fully saturated rings. The van der Waals surface area contributed by atoms with E-state index < -0.39 is 20.2 Å². The van der Waals surface area contributed by atoms with E-state index in [4.69, 9.17) is 0 Å². The van der Waals surface area contributed by atoms with Crippen molar-refractivity contribution in [2.24, 2.45) is 0 Å². The molecule has 0 aromatic carbocycles. The van der Waals surface area contributed by atoms with E-state index in [2.05, 4.69) is 14.9 Å². The molecule has 1 aliphatic rings. The van der Waals surface area contributed by atoms with E-state index in [1.165, 1.54) is 11.3 Å². The number of carbonyl (C=O) groups excluding carboxylic acids is 1. The zero-order chi connectivity index (χ0) is 20.7. The number of unbranched alkanes of at least 4 members (excludes halogenated alkanes) is 2. The molecule has 2 unspecified atom stereocenters. The highest BCUT2D eigenvalue weighted by atomic mass is 32.2. The van der Waals surface area contributed by atoms with E-state index in [1.54, 1.807) is 6.92 Å². The second-order valence-corrected chi connectivity index (χ2v) is 11.2. The Kier molecular flexibility index (Phi) is 8.53. The molecule has 0 bridgehead atoms. The van der Waals surface area contributed by atoms with Crippen LogP contribution in [0.5, 0.6) is 0 Å². The maximum atomic E-state index is 12.6. The molecular weight excluding hydrogens is 426 g/mol. The molecule has 9 nitrogen and oxygen atoms in total. The quantitative estimate of drug-likeness (QED) is 0.227. The zero-order valence-corrected chi connectivity index (χ0v) is 18.3. The topological polar surface area (TPSA) is 128 Å². The largest absolute Gasteiger partial charge is 0.314 e. The van der Waals surface area contributed by atoms with Gasteiger partial charge in [0, 0.05) is 12.5 Å². The van der Waals surface area contributed by atoms with E-state index in [1.807, 2.05) is 13.0 Å². The highest BCUT2D eigenvalue weighted by Crippen LogP contribution is 2.43. The van der Waals surface area contributed by atoms with Crippen molar-refractivity contribution in [3.8, 4) is 0 Å². The second kappa shape index (κ2) is 10.4. The molecule has 0 spiro atoms. The van der Waals surface area contributed by atoms with Crippen molar-refractivity contribution in [3.05, 3.63) is 21.7 Å². The highest BCUT2D eigenvalue weighted by Gasteiger charge is 2.38. The van der Waals surface area contributed by atoms with Crippen molar-refractivity contribution in [2.75, 3.05) is 13.2 Å². The normalized spacial score (nSPS) is 20.4. The second-order valence-electron chi connectivity index (χ2n) is 6.50. The fraction of sp³-hybridized carbons (Fsp3) is 0.688. The molecular formula is C16H25N3O6S3. The summed E-state index contributed by atoms with van der Waals surface area (Å²) in [6.45, 7) is 4.50. The van der Waals surface area contributed by atoms with Gasteiger partial charge in [-0.3, -0.25) is 9.52 Å². The van der Waals surface area contributed by atoms with Gasteiger partial charge in [0.2, 0.25) is 5.91 Å². The molecule has 158 valence electrons. The fourth-order valence-electron chi connectivity index (χ4n) is 2.95. The van der Waals surface area contributed by atoms with Crippen LogP contribution in [0.1, 0.15) is 57.6 Å². The number of hydrogen-bond donors (Lipinski definition) is 2. The number of nitrogens with zero attached hydrogens (tertiary/aromatic N) is 1. The van der Waals surface area contributed by atoms with E-state index in [9.17, 15) is 23.3 Å². The van der Waals surface area contributed by atoms with E-state index in [0.29, 0.717) is 36.3 Å². The molecule has 1 aliphatic heterocycles. The van der Waals surface area contributed by atoms with Gasteiger partial charge in [-0.15, -0.1) is 21.5 Å². The lowest BCUT2D eigenvalue weighted by Crippen LogP contribution is -2.33. The number of amides is 1. The monoisotopic (exact) mass is 451 g/mol. The third-order valence-electron chi connectivity index (χ3n) is 4.39. The summed E-state index contributed by atoms with van der Waals surface area (Å²) < 4.78 is 29.1. The maximum absolute atomic E-state index is 12.6. The molecule has 2 N–H and O–H groups in total. The van der Waals surface area contributed by atoms with Crippen LogP contribution >= 0.6 is 23.3 Å². The number of carbonyl (C=O) groups is 1. The minimum Gasteiger partial charge on any atom is -0.314 e. The number of thiophene rings is 1. The van der Waals surface area contributed by atoms with Crippen molar-refractivity contribution in [1.29, 1.82) is 0 Å². The summed E-state index contributed by atoms with van der Waals surface area (Å²) >= 11 is 2.32. The molecule has 2 atom stereocenters. The zero-order valence-electron chi connectivity index (χ0n) is 15.8. The van der Waals surface area contributed by atoms with E-state index >= 15 is 0 Å². The van der Waals surface area contributed by atoms with Crippen LogP contribution in [0.4, 0.5) is 0 Å². The number of fused-ring (bicyclic) bond motifs is 1. The van der Waals surface area contributed by atoms with E-state index in [0.717, 1.165) is 28.3 Å². The van der Waals surface area contributed by atoms with Crippen molar-refractivity contribution in [2.45, 2.75) is 65.7 Å². The molecule has 1 amide bonds. The summed E-state index contributed by atoms with van der Waals surface area (Å²) in [4.78, 5) is 26.2. The first-order chi connectivity index (χ1) is 13.3. The average molecular weight is 452 g/mol. The Morgan fingerprint density at radius 1 is 1.43 bits per heavy atom. The first-order valence-electron chi connectivity index (χ1n) is 9.09. The van der Waals surface area contributed by atoms with Crippen LogP contribution in [-0.4, -0.2) is 37.8 Å². The SMILES string of the molecule is CCNC1CC(C)S(=O)(=O)c2sc(SNC(=O)CCCCCO[N+](=O)[O-])cc21. The molecule has 0 saturated carbocycles. The molecule has 0 aliphatic carbocycles. The van der Waals surface area contributed by atoms with Crippen LogP contribution in [0, 0.1) is 10.1 Å². The Hall–Kier alpha value is -1.37. The number of hydrogen-bond acceptors (Lipinski definition) is 9. The summed E-state index contributed by atoms with van der Waals surface area (Å²) in [5.74, 6) is -0.161. The molecule has 2 rings (SSSR count). The Balaban J connectivity index is 1.86. The van der Waals surface area contributed by atoms with Gasteiger partial charge in [0.25, 0.3) is 5.09 Å². The summed E-state index contributed by atoms with van der Waals surface area (Å²) in [5, 5.41) is 12.1. The van der Waals surface area contributed by atoms with Gasteiger partial charge in [0.05, 0.1) is 16.1 Å². The van der Waals surface area contributed by atoms with Gasteiger partial charge in [-0.25, -0.2) is 8.42 Å². The van der Waals surface area contributed by atoms with Crippen LogP contribution in [0.25, 0.3) is 0 Å². The fourth-order valence-corrected chi connectivity index (χ4v) is 7.41. The Morgan fingerprint density at radius 3 is 2.86 bits per heavy atom.